The van der Waals surface area contributed by atoms with Crippen LogP contribution >= 0.6 is 0 Å². The molecule has 0 amide bonds. The van der Waals surface area contributed by atoms with E-state index in [4.69, 9.17) is 9.47 Å². The Morgan fingerprint density at radius 3 is 2.76 bits per heavy atom. The molecule has 1 aliphatic carbocycles. The van der Waals surface area contributed by atoms with Crippen molar-refractivity contribution in [3.63, 3.8) is 0 Å². The molecular formula is C18H29NO2. The third-order valence-electron chi connectivity index (χ3n) is 5.16. The zero-order valence-corrected chi connectivity index (χ0v) is 14.0. The smallest absolute Gasteiger partial charge is 0.119 e. The van der Waals surface area contributed by atoms with Gasteiger partial charge < -0.3 is 14.8 Å². The molecule has 1 fully saturated rings. The van der Waals surface area contributed by atoms with E-state index >= 15 is 0 Å². The maximum atomic E-state index is 5.88. The van der Waals surface area contributed by atoms with Crippen molar-refractivity contribution in [2.75, 3.05) is 13.7 Å². The summed E-state index contributed by atoms with van der Waals surface area (Å²) in [7, 11) is 1.71. The van der Waals surface area contributed by atoms with Gasteiger partial charge in [-0.3, -0.25) is 0 Å². The van der Waals surface area contributed by atoms with Gasteiger partial charge in [0.2, 0.25) is 0 Å². The van der Waals surface area contributed by atoms with Crippen molar-refractivity contribution in [3.05, 3.63) is 29.8 Å². The third kappa shape index (κ3) is 3.24. The van der Waals surface area contributed by atoms with Crippen molar-refractivity contribution in [1.29, 1.82) is 0 Å². The number of methoxy groups -OCH3 is 1. The van der Waals surface area contributed by atoms with Crippen molar-refractivity contribution >= 4 is 0 Å². The summed E-state index contributed by atoms with van der Waals surface area (Å²) in [6.45, 7) is 9.70. The van der Waals surface area contributed by atoms with Crippen LogP contribution in [0.15, 0.2) is 24.3 Å². The molecule has 1 aliphatic rings. The highest BCUT2D eigenvalue weighted by Crippen LogP contribution is 2.46. The Morgan fingerprint density at radius 2 is 2.14 bits per heavy atom. The van der Waals surface area contributed by atoms with Gasteiger partial charge in [0.1, 0.15) is 5.75 Å². The Kier molecular flexibility index (Phi) is 5.28. The van der Waals surface area contributed by atoms with Gasteiger partial charge in [0.25, 0.3) is 0 Å². The van der Waals surface area contributed by atoms with Crippen molar-refractivity contribution in [1.82, 2.24) is 5.32 Å². The molecule has 0 bridgehead atoms. The molecule has 21 heavy (non-hydrogen) atoms. The Bertz CT molecular complexity index is 462. The van der Waals surface area contributed by atoms with Crippen molar-refractivity contribution in [3.8, 4) is 5.75 Å². The highest BCUT2D eigenvalue weighted by atomic mass is 16.5. The number of rotatable bonds is 7. The fourth-order valence-electron chi connectivity index (χ4n) is 3.32. The van der Waals surface area contributed by atoms with Crippen LogP contribution in [0.3, 0.4) is 0 Å². The van der Waals surface area contributed by atoms with Gasteiger partial charge >= 0.3 is 0 Å². The van der Waals surface area contributed by atoms with Gasteiger partial charge in [-0.15, -0.1) is 0 Å². The van der Waals surface area contributed by atoms with Gasteiger partial charge in [-0.05, 0) is 44.4 Å². The van der Waals surface area contributed by atoms with Crippen molar-refractivity contribution in [2.45, 2.75) is 58.7 Å². The molecule has 3 unspecified atom stereocenters. The summed E-state index contributed by atoms with van der Waals surface area (Å²) in [6.07, 6.45) is 2.63. The summed E-state index contributed by atoms with van der Waals surface area (Å²) in [4.78, 5) is 0. The predicted octanol–water partition coefficient (Wildman–Crippen LogP) is 3.94. The van der Waals surface area contributed by atoms with E-state index in [1.54, 1.807) is 7.11 Å². The molecular weight excluding hydrogens is 262 g/mol. The molecule has 0 aliphatic heterocycles. The minimum absolute atomic E-state index is 0.239. The van der Waals surface area contributed by atoms with E-state index in [9.17, 15) is 0 Å². The largest absolute Gasteiger partial charge is 0.497 e. The zero-order chi connectivity index (χ0) is 15.5. The Morgan fingerprint density at radius 1 is 1.38 bits per heavy atom. The van der Waals surface area contributed by atoms with Crippen molar-refractivity contribution < 1.29 is 9.47 Å². The van der Waals surface area contributed by atoms with Gasteiger partial charge in [0, 0.05) is 24.1 Å². The molecule has 1 aromatic carbocycles. The maximum absolute atomic E-state index is 5.88. The van der Waals surface area contributed by atoms with E-state index in [0.717, 1.165) is 25.2 Å². The van der Waals surface area contributed by atoms with Gasteiger partial charge in [-0.2, -0.15) is 0 Å². The van der Waals surface area contributed by atoms with Crippen molar-refractivity contribution in [2.24, 2.45) is 5.41 Å². The molecule has 4 atom stereocenters. The average Bonchev–Trinajstić information content (AvgIpc) is 2.52. The standard InChI is InChI=1S/C18H29NO2/c1-6-18(4)16(12-17(18)21-7-2)19-13(3)14-9-8-10-15(11-14)20-5/h8-11,13,16-17,19H,6-7,12H2,1-5H3/t13-,16?,17?,18?/m1/s1. The fraction of sp³-hybridized carbons (Fsp3) is 0.667. The molecule has 118 valence electrons. The first-order valence-corrected chi connectivity index (χ1v) is 8.06. The lowest BCUT2D eigenvalue weighted by Gasteiger charge is -2.54. The van der Waals surface area contributed by atoms with Crippen LogP contribution in [-0.2, 0) is 4.74 Å². The van der Waals surface area contributed by atoms with Gasteiger partial charge in [0.05, 0.1) is 13.2 Å². The molecule has 2 rings (SSSR count). The summed E-state index contributed by atoms with van der Waals surface area (Å²) in [5.41, 5.74) is 1.51. The molecule has 1 aromatic rings. The van der Waals surface area contributed by atoms with Crippen LogP contribution in [0, 0.1) is 5.41 Å². The second-order valence-corrected chi connectivity index (χ2v) is 6.26. The number of hydrogen-bond donors (Lipinski definition) is 1. The van der Waals surface area contributed by atoms with Crippen LogP contribution in [0.4, 0.5) is 0 Å². The molecule has 0 heterocycles. The average molecular weight is 291 g/mol. The first-order valence-electron chi connectivity index (χ1n) is 8.06. The highest BCUT2D eigenvalue weighted by Gasteiger charge is 2.51. The van der Waals surface area contributed by atoms with E-state index in [1.165, 1.54) is 5.56 Å². The monoisotopic (exact) mass is 291 g/mol. The quantitative estimate of drug-likeness (QED) is 0.825. The molecule has 1 N–H and O–H groups in total. The topological polar surface area (TPSA) is 30.5 Å². The van der Waals surface area contributed by atoms with Gasteiger partial charge in [0.15, 0.2) is 0 Å². The second kappa shape index (κ2) is 6.80. The van der Waals surface area contributed by atoms with E-state index in [-0.39, 0.29) is 5.41 Å². The number of hydrogen-bond acceptors (Lipinski definition) is 3. The van der Waals surface area contributed by atoms with Crippen LogP contribution in [0.2, 0.25) is 0 Å². The highest BCUT2D eigenvalue weighted by molar-refractivity contribution is 5.30. The molecule has 0 saturated heterocycles. The summed E-state index contributed by atoms with van der Waals surface area (Å²) < 4.78 is 11.2. The van der Waals surface area contributed by atoms with Crippen LogP contribution in [0.1, 0.15) is 52.1 Å². The lowest BCUT2D eigenvalue weighted by molar-refractivity contribution is -0.127. The SMILES string of the molecule is CCOC1CC(N[C@H](C)c2cccc(OC)c2)C1(C)CC. The molecule has 0 radical (unpaired) electrons. The van der Waals surface area contributed by atoms with E-state index in [0.29, 0.717) is 18.2 Å². The van der Waals surface area contributed by atoms with E-state index in [2.05, 4.69) is 51.2 Å². The zero-order valence-electron chi connectivity index (χ0n) is 14.0. The van der Waals surface area contributed by atoms with Crippen LogP contribution in [-0.4, -0.2) is 25.9 Å². The first-order chi connectivity index (χ1) is 10.0. The van der Waals surface area contributed by atoms with Crippen LogP contribution < -0.4 is 10.1 Å². The molecule has 1 saturated carbocycles. The summed E-state index contributed by atoms with van der Waals surface area (Å²) in [5.74, 6) is 0.917. The molecule has 0 aromatic heterocycles. The first kappa shape index (κ1) is 16.3. The summed E-state index contributed by atoms with van der Waals surface area (Å²) >= 11 is 0. The minimum atomic E-state index is 0.239. The van der Waals surface area contributed by atoms with Gasteiger partial charge in [-0.1, -0.05) is 26.0 Å². The Balaban J connectivity index is 2.01. The Hall–Kier alpha value is -1.06. The number of ether oxygens (including phenoxy) is 2. The molecule has 3 heteroatoms. The normalized spacial score (nSPS) is 29.8. The maximum Gasteiger partial charge on any atom is 0.119 e. The minimum Gasteiger partial charge on any atom is -0.497 e. The van der Waals surface area contributed by atoms with Gasteiger partial charge in [-0.25, -0.2) is 0 Å². The summed E-state index contributed by atoms with van der Waals surface area (Å²) in [5, 5.41) is 3.78. The molecule has 3 nitrogen and oxygen atoms in total. The van der Waals surface area contributed by atoms with Crippen LogP contribution in [0.5, 0.6) is 5.75 Å². The second-order valence-electron chi connectivity index (χ2n) is 6.26. The number of nitrogens with one attached hydrogen (secondary N) is 1. The fourth-order valence-corrected chi connectivity index (χ4v) is 3.32. The predicted molar refractivity (Wildman–Crippen MR) is 86.8 cm³/mol. The Labute approximate surface area is 129 Å². The lowest BCUT2D eigenvalue weighted by Crippen LogP contribution is -2.62. The van der Waals surface area contributed by atoms with E-state index in [1.807, 2.05) is 6.07 Å². The number of benzene rings is 1. The molecule has 0 spiro atoms. The van der Waals surface area contributed by atoms with Crippen LogP contribution in [0.25, 0.3) is 0 Å². The lowest BCUT2D eigenvalue weighted by atomic mass is 9.61. The van der Waals surface area contributed by atoms with E-state index < -0.39 is 0 Å². The third-order valence-corrected chi connectivity index (χ3v) is 5.16. The summed E-state index contributed by atoms with van der Waals surface area (Å²) in [6, 6.07) is 9.14.